The summed E-state index contributed by atoms with van der Waals surface area (Å²) in [4.78, 5) is 0. The zero-order valence-electron chi connectivity index (χ0n) is 8.38. The molecule has 0 aromatic heterocycles. The molecule has 4 nitrogen and oxygen atoms in total. The van der Waals surface area contributed by atoms with Gasteiger partial charge in [0.15, 0.2) is 0 Å². The summed E-state index contributed by atoms with van der Waals surface area (Å²) in [7, 11) is 1.44. The van der Waals surface area contributed by atoms with Crippen LogP contribution in [0.1, 0.15) is 0 Å². The number of anilines is 1. The van der Waals surface area contributed by atoms with Crippen molar-refractivity contribution in [3.8, 4) is 5.75 Å². The third-order valence-corrected chi connectivity index (χ3v) is 1.86. The van der Waals surface area contributed by atoms with Gasteiger partial charge >= 0.3 is 6.18 Å². The Bertz CT molecular complexity index is 375. The predicted molar refractivity (Wildman–Crippen MR) is 53.4 cm³/mol. The Kier molecular flexibility index (Phi) is 3.38. The highest BCUT2D eigenvalue weighted by molar-refractivity contribution is 5.98. The van der Waals surface area contributed by atoms with E-state index in [-0.39, 0.29) is 10.7 Å². The SMILES string of the molecule is COc1ccc(N(N)C(=N)C(F)(F)F)cc1. The van der Waals surface area contributed by atoms with Crippen LogP contribution in [0.15, 0.2) is 24.3 Å². The molecule has 1 aromatic rings. The van der Waals surface area contributed by atoms with Gasteiger partial charge in [-0.15, -0.1) is 0 Å². The summed E-state index contributed by atoms with van der Waals surface area (Å²) in [6.45, 7) is 0. The van der Waals surface area contributed by atoms with E-state index < -0.39 is 12.0 Å². The van der Waals surface area contributed by atoms with Crippen molar-refractivity contribution in [2.75, 3.05) is 12.1 Å². The van der Waals surface area contributed by atoms with Gasteiger partial charge in [0, 0.05) is 0 Å². The molecule has 88 valence electrons. The first-order valence-electron chi connectivity index (χ1n) is 4.21. The molecule has 3 N–H and O–H groups in total. The fourth-order valence-electron chi connectivity index (χ4n) is 1.01. The third kappa shape index (κ3) is 2.63. The van der Waals surface area contributed by atoms with Gasteiger partial charge in [0.2, 0.25) is 5.84 Å². The van der Waals surface area contributed by atoms with E-state index in [1.54, 1.807) is 0 Å². The summed E-state index contributed by atoms with van der Waals surface area (Å²) in [5.41, 5.74) is 0.0584. The largest absolute Gasteiger partial charge is 0.497 e. The van der Waals surface area contributed by atoms with Gasteiger partial charge < -0.3 is 4.74 Å². The summed E-state index contributed by atoms with van der Waals surface area (Å²) in [6.07, 6.45) is -4.77. The molecular weight excluding hydrogens is 223 g/mol. The highest BCUT2D eigenvalue weighted by Crippen LogP contribution is 2.23. The van der Waals surface area contributed by atoms with Crippen molar-refractivity contribution in [1.29, 1.82) is 5.41 Å². The maximum atomic E-state index is 12.2. The van der Waals surface area contributed by atoms with Crippen LogP contribution in [0.3, 0.4) is 0 Å². The van der Waals surface area contributed by atoms with Crippen LogP contribution in [-0.4, -0.2) is 19.1 Å². The molecule has 7 heteroatoms. The first kappa shape index (κ1) is 12.3. The number of nitrogens with one attached hydrogen (secondary N) is 1. The number of halogens is 3. The number of rotatable bonds is 2. The number of alkyl halides is 3. The number of ether oxygens (including phenoxy) is 1. The number of nitrogens with zero attached hydrogens (tertiary/aromatic N) is 1. The average molecular weight is 233 g/mol. The second-order valence-corrected chi connectivity index (χ2v) is 2.91. The van der Waals surface area contributed by atoms with Crippen molar-refractivity contribution in [2.24, 2.45) is 5.84 Å². The maximum absolute atomic E-state index is 12.2. The standard InChI is InChI=1S/C9H10F3N3O/c1-16-7-4-2-6(3-5-7)15(14)8(13)9(10,11)12/h2-5,13H,14H2,1H3. The van der Waals surface area contributed by atoms with E-state index in [0.29, 0.717) is 5.75 Å². The second kappa shape index (κ2) is 4.40. The molecule has 0 amide bonds. The van der Waals surface area contributed by atoms with Crippen molar-refractivity contribution in [1.82, 2.24) is 0 Å². The summed E-state index contributed by atoms with van der Waals surface area (Å²) in [5, 5.41) is 7.09. The number of hydrogen-bond donors (Lipinski definition) is 2. The van der Waals surface area contributed by atoms with E-state index in [1.165, 1.54) is 31.4 Å². The smallest absolute Gasteiger partial charge is 0.450 e. The van der Waals surface area contributed by atoms with Crippen LogP contribution in [0, 0.1) is 5.41 Å². The van der Waals surface area contributed by atoms with Crippen LogP contribution >= 0.6 is 0 Å². The Morgan fingerprint density at radius 2 is 1.81 bits per heavy atom. The molecule has 0 heterocycles. The molecular formula is C9H10F3N3O. The third-order valence-electron chi connectivity index (χ3n) is 1.86. The van der Waals surface area contributed by atoms with Gasteiger partial charge in [-0.3, -0.25) is 10.4 Å². The predicted octanol–water partition coefficient (Wildman–Crippen LogP) is 1.91. The molecule has 0 spiro atoms. The molecule has 0 radical (unpaired) electrons. The Morgan fingerprint density at radius 3 is 2.19 bits per heavy atom. The molecule has 16 heavy (non-hydrogen) atoms. The molecule has 0 aliphatic carbocycles. The van der Waals surface area contributed by atoms with Crippen LogP contribution in [0.25, 0.3) is 0 Å². The van der Waals surface area contributed by atoms with Gasteiger partial charge in [-0.25, -0.2) is 5.84 Å². The number of nitrogens with two attached hydrogens (primary N) is 1. The maximum Gasteiger partial charge on any atom is 0.450 e. The molecule has 0 fully saturated rings. The summed E-state index contributed by atoms with van der Waals surface area (Å²) in [6, 6.07) is 5.58. The zero-order chi connectivity index (χ0) is 12.3. The number of benzene rings is 1. The second-order valence-electron chi connectivity index (χ2n) is 2.91. The van der Waals surface area contributed by atoms with E-state index in [0.717, 1.165) is 0 Å². The van der Waals surface area contributed by atoms with Gasteiger partial charge in [0.25, 0.3) is 0 Å². The quantitative estimate of drug-likeness (QED) is 0.355. The van der Waals surface area contributed by atoms with Crippen LogP contribution < -0.4 is 15.6 Å². The normalized spacial score (nSPS) is 11.1. The topological polar surface area (TPSA) is 62.3 Å². The number of hydrogen-bond acceptors (Lipinski definition) is 3. The van der Waals surface area contributed by atoms with Crippen molar-refractivity contribution in [2.45, 2.75) is 6.18 Å². The van der Waals surface area contributed by atoms with Gasteiger partial charge in [0.05, 0.1) is 12.8 Å². The van der Waals surface area contributed by atoms with Gasteiger partial charge in [0.1, 0.15) is 5.75 Å². The molecule has 0 bridgehead atoms. The highest BCUT2D eigenvalue weighted by atomic mass is 19.4. The van der Waals surface area contributed by atoms with Gasteiger partial charge in [-0.05, 0) is 24.3 Å². The lowest BCUT2D eigenvalue weighted by Crippen LogP contribution is -2.45. The summed E-state index contributed by atoms with van der Waals surface area (Å²) in [5.74, 6) is 4.03. The molecule has 0 aliphatic rings. The fourth-order valence-corrected chi connectivity index (χ4v) is 1.01. The Morgan fingerprint density at radius 1 is 1.31 bits per heavy atom. The van der Waals surface area contributed by atoms with Crippen LogP contribution in [-0.2, 0) is 0 Å². The van der Waals surface area contributed by atoms with Crippen LogP contribution in [0.4, 0.5) is 18.9 Å². The van der Waals surface area contributed by atoms with Crippen LogP contribution in [0.5, 0.6) is 5.75 Å². The molecule has 0 saturated carbocycles. The van der Waals surface area contributed by atoms with Gasteiger partial charge in [-0.1, -0.05) is 0 Å². The summed E-state index contributed by atoms with van der Waals surface area (Å²) >= 11 is 0. The monoisotopic (exact) mass is 233 g/mol. The van der Waals surface area contributed by atoms with Crippen molar-refractivity contribution in [3.05, 3.63) is 24.3 Å². The molecule has 0 atom stereocenters. The average Bonchev–Trinajstić information content (AvgIpc) is 2.26. The minimum absolute atomic E-state index is 0.0584. The molecule has 0 aliphatic heterocycles. The lowest BCUT2D eigenvalue weighted by Gasteiger charge is -2.20. The van der Waals surface area contributed by atoms with E-state index in [9.17, 15) is 13.2 Å². The van der Waals surface area contributed by atoms with E-state index >= 15 is 0 Å². The Hall–Kier alpha value is -1.76. The minimum atomic E-state index is -4.77. The Balaban J connectivity index is 2.88. The minimum Gasteiger partial charge on any atom is -0.497 e. The molecule has 1 rings (SSSR count). The van der Waals surface area contributed by atoms with E-state index in [2.05, 4.69) is 0 Å². The molecule has 0 unspecified atom stereocenters. The first-order chi connectivity index (χ1) is 7.36. The fraction of sp³-hybridized carbons (Fsp3) is 0.222. The first-order valence-corrected chi connectivity index (χ1v) is 4.21. The van der Waals surface area contributed by atoms with Gasteiger partial charge in [-0.2, -0.15) is 13.2 Å². The lowest BCUT2D eigenvalue weighted by atomic mass is 10.3. The Labute approximate surface area is 89.9 Å². The van der Waals surface area contributed by atoms with E-state index in [4.69, 9.17) is 16.0 Å². The number of methoxy groups -OCH3 is 1. The zero-order valence-corrected chi connectivity index (χ0v) is 8.38. The molecule has 1 aromatic carbocycles. The number of amidine groups is 1. The van der Waals surface area contributed by atoms with Crippen molar-refractivity contribution >= 4 is 11.5 Å². The van der Waals surface area contributed by atoms with E-state index in [1.807, 2.05) is 0 Å². The lowest BCUT2D eigenvalue weighted by molar-refractivity contribution is -0.0609. The number of hydrazine groups is 1. The highest BCUT2D eigenvalue weighted by Gasteiger charge is 2.38. The molecule has 0 saturated heterocycles. The van der Waals surface area contributed by atoms with Crippen LogP contribution in [0.2, 0.25) is 0 Å². The van der Waals surface area contributed by atoms with Crippen molar-refractivity contribution in [3.63, 3.8) is 0 Å². The van der Waals surface area contributed by atoms with Crippen molar-refractivity contribution < 1.29 is 17.9 Å². The summed E-state index contributed by atoms with van der Waals surface area (Å²) < 4.78 is 41.3.